The van der Waals surface area contributed by atoms with E-state index in [1.807, 2.05) is 0 Å². The number of hydrogen-bond acceptors (Lipinski definition) is 2. The van der Waals surface area contributed by atoms with Gasteiger partial charge in [-0.25, -0.2) is 0 Å². The minimum Gasteiger partial charge on any atom is -0.459 e. The molecule has 0 bridgehead atoms. The van der Waals surface area contributed by atoms with Gasteiger partial charge in [0.05, 0.1) is 6.26 Å². The van der Waals surface area contributed by atoms with Crippen LogP contribution in [0.2, 0.25) is 0 Å². The quantitative estimate of drug-likeness (QED) is 0.585. The summed E-state index contributed by atoms with van der Waals surface area (Å²) in [5.41, 5.74) is 0. The minimum atomic E-state index is -0.167. The van der Waals surface area contributed by atoms with Crippen LogP contribution in [0.15, 0.2) is 22.8 Å². The third-order valence-electron chi connectivity index (χ3n) is 1.59. The predicted molar refractivity (Wildman–Crippen MR) is 51.0 cm³/mol. The van der Waals surface area contributed by atoms with Gasteiger partial charge in [-0.05, 0) is 25.0 Å². The molecule has 1 aromatic heterocycles. The number of carbonyl (C=O) groups excluding carboxylic acids is 1. The third-order valence-corrected chi connectivity index (χ3v) is 1.86. The van der Waals surface area contributed by atoms with Gasteiger partial charge in [0.1, 0.15) is 0 Å². The highest BCUT2D eigenvalue weighted by Gasteiger charge is 2.05. The van der Waals surface area contributed by atoms with Crippen LogP contribution in [0.3, 0.4) is 0 Å². The lowest BCUT2D eigenvalue weighted by molar-refractivity contribution is 0.0925. The van der Waals surface area contributed by atoms with E-state index in [-0.39, 0.29) is 5.91 Å². The van der Waals surface area contributed by atoms with E-state index in [0.717, 1.165) is 12.8 Å². The summed E-state index contributed by atoms with van der Waals surface area (Å²) in [6.45, 7) is 0.645. The van der Waals surface area contributed by atoms with E-state index in [4.69, 9.17) is 16.0 Å². The fourth-order valence-corrected chi connectivity index (χ4v) is 1.11. The van der Waals surface area contributed by atoms with Crippen molar-refractivity contribution in [2.24, 2.45) is 0 Å². The van der Waals surface area contributed by atoms with E-state index >= 15 is 0 Å². The van der Waals surface area contributed by atoms with Gasteiger partial charge in [0.15, 0.2) is 5.76 Å². The van der Waals surface area contributed by atoms with Crippen molar-refractivity contribution in [3.05, 3.63) is 24.2 Å². The molecule has 0 unspecified atom stereocenters. The Hall–Kier alpha value is -0.960. The maximum Gasteiger partial charge on any atom is 0.286 e. The Kier molecular flexibility index (Phi) is 4.40. The minimum absolute atomic E-state index is 0.167. The summed E-state index contributed by atoms with van der Waals surface area (Å²) in [7, 11) is 0. The number of halogens is 1. The van der Waals surface area contributed by atoms with E-state index in [1.54, 1.807) is 12.1 Å². The molecule has 72 valence electrons. The zero-order valence-corrected chi connectivity index (χ0v) is 8.01. The van der Waals surface area contributed by atoms with Gasteiger partial charge in [0, 0.05) is 12.4 Å². The van der Waals surface area contributed by atoms with Crippen molar-refractivity contribution in [3.8, 4) is 0 Å². The average molecular weight is 202 g/mol. The van der Waals surface area contributed by atoms with Gasteiger partial charge in [0.2, 0.25) is 0 Å². The molecule has 1 heterocycles. The third kappa shape index (κ3) is 3.51. The maximum atomic E-state index is 11.2. The first kappa shape index (κ1) is 10.1. The summed E-state index contributed by atoms with van der Waals surface area (Å²) in [6.07, 6.45) is 3.30. The summed E-state index contributed by atoms with van der Waals surface area (Å²) < 4.78 is 4.91. The van der Waals surface area contributed by atoms with Gasteiger partial charge >= 0.3 is 0 Å². The van der Waals surface area contributed by atoms with E-state index < -0.39 is 0 Å². The molecule has 4 heteroatoms. The van der Waals surface area contributed by atoms with Crippen molar-refractivity contribution in [2.45, 2.75) is 12.8 Å². The highest BCUT2D eigenvalue weighted by Crippen LogP contribution is 1.99. The Balaban J connectivity index is 2.19. The molecule has 1 amide bonds. The van der Waals surface area contributed by atoms with Crippen LogP contribution in [0, 0.1) is 0 Å². The molecule has 0 saturated carbocycles. The Morgan fingerprint density at radius 2 is 2.38 bits per heavy atom. The number of carbonyl (C=O) groups is 1. The molecular weight excluding hydrogens is 190 g/mol. The van der Waals surface area contributed by atoms with Crippen LogP contribution in [0.1, 0.15) is 23.4 Å². The lowest BCUT2D eigenvalue weighted by Crippen LogP contribution is -2.23. The molecule has 0 spiro atoms. The van der Waals surface area contributed by atoms with Crippen LogP contribution in [0.25, 0.3) is 0 Å². The second-order valence-electron chi connectivity index (χ2n) is 2.63. The van der Waals surface area contributed by atoms with Gasteiger partial charge in [0.25, 0.3) is 5.91 Å². The predicted octanol–water partition coefficient (Wildman–Crippen LogP) is 2.03. The van der Waals surface area contributed by atoms with Crippen molar-refractivity contribution in [1.29, 1.82) is 0 Å². The number of amides is 1. The molecule has 13 heavy (non-hydrogen) atoms. The average Bonchev–Trinajstić information content (AvgIpc) is 2.65. The standard InChI is InChI=1S/C9H12ClNO2/c10-5-1-2-6-11-9(12)8-4-3-7-13-8/h3-4,7H,1-2,5-6H2,(H,11,12). The molecule has 0 fully saturated rings. The summed E-state index contributed by atoms with van der Waals surface area (Å²) in [4.78, 5) is 11.2. The largest absolute Gasteiger partial charge is 0.459 e. The summed E-state index contributed by atoms with van der Waals surface area (Å²) in [5, 5.41) is 2.73. The summed E-state index contributed by atoms with van der Waals surface area (Å²) >= 11 is 5.49. The zero-order chi connectivity index (χ0) is 9.52. The number of hydrogen-bond donors (Lipinski definition) is 1. The molecule has 1 aromatic rings. The number of furan rings is 1. The molecule has 0 aliphatic heterocycles. The van der Waals surface area contributed by atoms with Gasteiger partial charge in [-0.3, -0.25) is 4.79 Å². The SMILES string of the molecule is O=C(NCCCCCl)c1ccco1. The van der Waals surface area contributed by atoms with E-state index in [2.05, 4.69) is 5.32 Å². The van der Waals surface area contributed by atoms with Crippen molar-refractivity contribution in [2.75, 3.05) is 12.4 Å². The molecule has 0 aliphatic rings. The van der Waals surface area contributed by atoms with E-state index in [9.17, 15) is 4.79 Å². The number of nitrogens with one attached hydrogen (secondary N) is 1. The lowest BCUT2D eigenvalue weighted by Gasteiger charge is -2.00. The Morgan fingerprint density at radius 1 is 1.54 bits per heavy atom. The number of unbranched alkanes of at least 4 members (excludes halogenated alkanes) is 1. The molecular formula is C9H12ClNO2. The number of alkyl halides is 1. The van der Waals surface area contributed by atoms with Crippen LogP contribution in [0.4, 0.5) is 0 Å². The molecule has 1 N–H and O–H groups in total. The Morgan fingerprint density at radius 3 is 3.00 bits per heavy atom. The van der Waals surface area contributed by atoms with Gasteiger partial charge in [-0.15, -0.1) is 11.6 Å². The first-order valence-electron chi connectivity index (χ1n) is 4.22. The fraction of sp³-hybridized carbons (Fsp3) is 0.444. The van der Waals surface area contributed by atoms with Crippen LogP contribution in [-0.2, 0) is 0 Å². The molecule has 0 saturated heterocycles. The second-order valence-corrected chi connectivity index (χ2v) is 3.01. The molecule has 0 aliphatic carbocycles. The molecule has 0 aromatic carbocycles. The first-order chi connectivity index (χ1) is 6.34. The smallest absolute Gasteiger partial charge is 0.286 e. The second kappa shape index (κ2) is 5.65. The van der Waals surface area contributed by atoms with Crippen molar-refractivity contribution < 1.29 is 9.21 Å². The normalized spacial score (nSPS) is 9.92. The van der Waals surface area contributed by atoms with Crippen LogP contribution >= 0.6 is 11.6 Å². The van der Waals surface area contributed by atoms with Crippen molar-refractivity contribution in [3.63, 3.8) is 0 Å². The molecule has 0 radical (unpaired) electrons. The van der Waals surface area contributed by atoms with E-state index in [0.29, 0.717) is 18.2 Å². The van der Waals surface area contributed by atoms with Crippen molar-refractivity contribution >= 4 is 17.5 Å². The first-order valence-corrected chi connectivity index (χ1v) is 4.75. The monoisotopic (exact) mass is 201 g/mol. The van der Waals surface area contributed by atoms with Crippen LogP contribution in [0.5, 0.6) is 0 Å². The van der Waals surface area contributed by atoms with Crippen molar-refractivity contribution in [1.82, 2.24) is 5.32 Å². The lowest BCUT2D eigenvalue weighted by atomic mass is 10.3. The Bertz CT molecular complexity index is 246. The van der Waals surface area contributed by atoms with E-state index in [1.165, 1.54) is 6.26 Å². The molecule has 3 nitrogen and oxygen atoms in total. The zero-order valence-electron chi connectivity index (χ0n) is 7.25. The maximum absolute atomic E-state index is 11.2. The topological polar surface area (TPSA) is 42.2 Å². The number of rotatable bonds is 5. The molecule has 0 atom stereocenters. The fourth-order valence-electron chi connectivity index (χ4n) is 0.916. The van der Waals surface area contributed by atoms with Gasteiger partial charge in [-0.1, -0.05) is 0 Å². The highest BCUT2D eigenvalue weighted by atomic mass is 35.5. The van der Waals surface area contributed by atoms with Crippen LogP contribution in [-0.4, -0.2) is 18.3 Å². The van der Waals surface area contributed by atoms with Gasteiger partial charge in [-0.2, -0.15) is 0 Å². The van der Waals surface area contributed by atoms with Crippen LogP contribution < -0.4 is 5.32 Å². The van der Waals surface area contributed by atoms with Gasteiger partial charge < -0.3 is 9.73 Å². The summed E-state index contributed by atoms with van der Waals surface area (Å²) in [5.74, 6) is 0.821. The highest BCUT2D eigenvalue weighted by molar-refractivity contribution is 6.17. The summed E-state index contributed by atoms with van der Waals surface area (Å²) in [6, 6.07) is 3.32. The molecule has 1 rings (SSSR count). The Labute approximate surface area is 82.1 Å².